The molecule has 0 spiro atoms. The number of anilines is 2. The summed E-state index contributed by atoms with van der Waals surface area (Å²) < 4.78 is 11.3. The molecule has 43 heavy (non-hydrogen) atoms. The van der Waals surface area contributed by atoms with E-state index in [4.69, 9.17) is 20.8 Å². The normalized spacial score (nSPS) is 13.8. The number of aromatic nitrogens is 1. The first-order chi connectivity index (χ1) is 20.9. The predicted octanol–water partition coefficient (Wildman–Crippen LogP) is 5.95. The number of H-pyrrole nitrogens is 1. The summed E-state index contributed by atoms with van der Waals surface area (Å²) in [6.45, 7) is 2.75. The van der Waals surface area contributed by atoms with E-state index in [9.17, 15) is 14.4 Å². The number of benzene rings is 3. The summed E-state index contributed by atoms with van der Waals surface area (Å²) in [5.41, 5.74) is 3.57. The number of ether oxygens (including phenoxy) is 1. The molecule has 0 aliphatic carbocycles. The Morgan fingerprint density at radius 1 is 0.907 bits per heavy atom. The number of likely N-dealkylation sites (N-methyl/N-ethyl adjacent to an activating group) is 1. The molecule has 3 aromatic carbocycles. The molecular formula is C32H30ClN5O5. The van der Waals surface area contributed by atoms with Gasteiger partial charge < -0.3 is 34.6 Å². The van der Waals surface area contributed by atoms with Crippen molar-refractivity contribution in [2.45, 2.75) is 6.42 Å². The van der Waals surface area contributed by atoms with Crippen molar-refractivity contribution in [3.05, 3.63) is 89.8 Å². The molecule has 11 heteroatoms. The number of para-hydroxylation sites is 1. The van der Waals surface area contributed by atoms with E-state index in [1.807, 2.05) is 25.2 Å². The third kappa shape index (κ3) is 6.35. The smallest absolute Gasteiger partial charge is 0.415 e. The molecule has 3 amide bonds. The van der Waals surface area contributed by atoms with E-state index in [0.29, 0.717) is 53.8 Å². The third-order valence-corrected chi connectivity index (χ3v) is 7.62. The van der Waals surface area contributed by atoms with E-state index in [2.05, 4.69) is 20.5 Å². The Morgan fingerprint density at radius 3 is 2.51 bits per heavy atom. The molecular weight excluding hydrogens is 570 g/mol. The Kier molecular flexibility index (Phi) is 8.04. The van der Waals surface area contributed by atoms with Gasteiger partial charge in [-0.15, -0.1) is 11.6 Å². The van der Waals surface area contributed by atoms with Crippen LogP contribution in [0.25, 0.3) is 21.9 Å². The van der Waals surface area contributed by atoms with Gasteiger partial charge in [0.15, 0.2) is 5.76 Å². The van der Waals surface area contributed by atoms with Crippen molar-refractivity contribution in [1.29, 1.82) is 0 Å². The average molecular weight is 600 g/mol. The number of aromatic amines is 1. The van der Waals surface area contributed by atoms with Gasteiger partial charge in [-0.2, -0.15) is 0 Å². The summed E-state index contributed by atoms with van der Waals surface area (Å²) in [5, 5.41) is 7.37. The van der Waals surface area contributed by atoms with Crippen LogP contribution in [0.15, 0.2) is 77.2 Å². The molecule has 0 atom stereocenters. The molecule has 2 aromatic heterocycles. The number of nitrogens with one attached hydrogen (secondary N) is 3. The van der Waals surface area contributed by atoms with Crippen LogP contribution in [0.1, 0.15) is 26.6 Å². The summed E-state index contributed by atoms with van der Waals surface area (Å²) in [4.78, 5) is 45.7. The number of fused-ring (bicyclic) bond motifs is 2. The zero-order valence-corrected chi connectivity index (χ0v) is 24.2. The van der Waals surface area contributed by atoms with Gasteiger partial charge in [-0.25, -0.2) is 4.79 Å². The first kappa shape index (κ1) is 28.3. The topological polar surface area (TPSA) is 120 Å². The maximum atomic E-state index is 13.3. The summed E-state index contributed by atoms with van der Waals surface area (Å²) >= 11 is 6.01. The van der Waals surface area contributed by atoms with Crippen molar-refractivity contribution in [2.24, 2.45) is 0 Å². The van der Waals surface area contributed by atoms with Crippen LogP contribution in [0.5, 0.6) is 5.75 Å². The Balaban J connectivity index is 1.16. The lowest BCUT2D eigenvalue weighted by molar-refractivity contribution is 0.0996. The number of hydrogen-bond donors (Lipinski definition) is 3. The number of carbonyl (C=O) groups is 3. The molecule has 3 heterocycles. The molecule has 1 saturated heterocycles. The van der Waals surface area contributed by atoms with Gasteiger partial charge in [-0.3, -0.25) is 9.59 Å². The number of aryl methyl sites for hydroxylation is 1. The highest BCUT2D eigenvalue weighted by Crippen LogP contribution is 2.27. The largest absolute Gasteiger partial charge is 0.451 e. The Labute approximate surface area is 252 Å². The van der Waals surface area contributed by atoms with Crippen LogP contribution < -0.4 is 15.4 Å². The van der Waals surface area contributed by atoms with Crippen LogP contribution in [0.3, 0.4) is 0 Å². The second kappa shape index (κ2) is 12.2. The SMILES string of the molecule is CN1CCN(C(=O)Oc2ccc(CCCl)c(NC(=O)c3cc4cc(NC(=O)c5cc6ccccc6o5)ccc4[nH]3)c2)CC1. The minimum atomic E-state index is -0.422. The fraction of sp³-hybridized carbons (Fsp3) is 0.219. The maximum Gasteiger partial charge on any atom is 0.415 e. The van der Waals surface area contributed by atoms with E-state index >= 15 is 0 Å². The summed E-state index contributed by atoms with van der Waals surface area (Å²) in [6.07, 6.45) is 0.0968. The first-order valence-electron chi connectivity index (χ1n) is 13.9. The van der Waals surface area contributed by atoms with Crippen molar-refractivity contribution in [3.63, 3.8) is 0 Å². The Hall–Kier alpha value is -4.80. The van der Waals surface area contributed by atoms with Crippen LogP contribution in [0.4, 0.5) is 16.2 Å². The summed E-state index contributed by atoms with van der Waals surface area (Å²) in [5.74, 6) is 0.156. The van der Waals surface area contributed by atoms with Crippen LogP contribution in [0, 0.1) is 0 Å². The molecule has 6 rings (SSSR count). The minimum Gasteiger partial charge on any atom is -0.451 e. The molecule has 1 fully saturated rings. The summed E-state index contributed by atoms with van der Waals surface area (Å²) in [6, 6.07) is 21.3. The van der Waals surface area contributed by atoms with Crippen molar-refractivity contribution >= 4 is 62.8 Å². The number of carbonyl (C=O) groups excluding carboxylic acids is 3. The van der Waals surface area contributed by atoms with Gasteiger partial charge in [0, 0.05) is 65.8 Å². The van der Waals surface area contributed by atoms with Crippen molar-refractivity contribution < 1.29 is 23.5 Å². The highest BCUT2D eigenvalue weighted by Gasteiger charge is 2.22. The third-order valence-electron chi connectivity index (χ3n) is 7.43. The maximum absolute atomic E-state index is 13.3. The van der Waals surface area contributed by atoms with Gasteiger partial charge in [0.1, 0.15) is 17.0 Å². The lowest BCUT2D eigenvalue weighted by atomic mass is 10.1. The summed E-state index contributed by atoms with van der Waals surface area (Å²) in [7, 11) is 2.01. The van der Waals surface area contributed by atoms with Gasteiger partial charge in [0.2, 0.25) is 0 Å². The Morgan fingerprint density at radius 2 is 1.72 bits per heavy atom. The van der Waals surface area contributed by atoms with Crippen LogP contribution in [-0.4, -0.2) is 71.8 Å². The monoisotopic (exact) mass is 599 g/mol. The molecule has 0 radical (unpaired) electrons. The highest BCUT2D eigenvalue weighted by atomic mass is 35.5. The molecule has 3 N–H and O–H groups in total. The average Bonchev–Trinajstić information content (AvgIpc) is 3.63. The number of amides is 3. The van der Waals surface area contributed by atoms with E-state index in [-0.39, 0.29) is 17.6 Å². The molecule has 0 saturated carbocycles. The fourth-order valence-electron chi connectivity index (χ4n) is 5.02. The molecule has 220 valence electrons. The van der Waals surface area contributed by atoms with Gasteiger partial charge in [-0.1, -0.05) is 24.3 Å². The van der Waals surface area contributed by atoms with Crippen molar-refractivity contribution in [2.75, 3.05) is 49.7 Å². The van der Waals surface area contributed by atoms with Crippen molar-refractivity contribution in [1.82, 2.24) is 14.8 Å². The van der Waals surface area contributed by atoms with E-state index in [0.717, 1.165) is 34.9 Å². The standard InChI is InChI=1S/C32H30ClN5O5/c1-37-12-14-38(15-13-37)32(41)42-24-8-6-20(10-11-33)26(19-24)36-30(39)27-17-22-16-23(7-9-25(22)35-27)34-31(40)29-18-21-4-2-3-5-28(21)43-29/h2-9,16-19,35H,10-15H2,1H3,(H,34,40)(H,36,39). The lowest BCUT2D eigenvalue weighted by Crippen LogP contribution is -2.48. The lowest BCUT2D eigenvalue weighted by Gasteiger charge is -2.31. The van der Waals surface area contributed by atoms with Crippen LogP contribution in [0.2, 0.25) is 0 Å². The molecule has 5 aromatic rings. The van der Waals surface area contributed by atoms with E-state index < -0.39 is 6.09 Å². The number of furan rings is 1. The zero-order valence-electron chi connectivity index (χ0n) is 23.5. The molecule has 1 aliphatic rings. The highest BCUT2D eigenvalue weighted by molar-refractivity contribution is 6.18. The molecule has 0 bridgehead atoms. The fourth-order valence-corrected chi connectivity index (χ4v) is 5.22. The van der Waals surface area contributed by atoms with Crippen molar-refractivity contribution in [3.8, 4) is 5.75 Å². The number of alkyl halides is 1. The number of halogens is 1. The number of rotatable bonds is 7. The van der Waals surface area contributed by atoms with Gasteiger partial charge >= 0.3 is 6.09 Å². The molecule has 0 unspecified atom stereocenters. The predicted molar refractivity (Wildman–Crippen MR) is 166 cm³/mol. The van der Waals surface area contributed by atoms with Gasteiger partial charge in [-0.05, 0) is 61.5 Å². The minimum absolute atomic E-state index is 0.208. The van der Waals surface area contributed by atoms with E-state index in [1.165, 1.54) is 0 Å². The number of piperazine rings is 1. The van der Waals surface area contributed by atoms with Crippen LogP contribution in [-0.2, 0) is 6.42 Å². The second-order valence-electron chi connectivity index (χ2n) is 10.5. The van der Waals surface area contributed by atoms with Gasteiger partial charge in [0.25, 0.3) is 11.8 Å². The van der Waals surface area contributed by atoms with E-state index in [1.54, 1.807) is 59.5 Å². The Bertz CT molecular complexity index is 1790. The zero-order chi connectivity index (χ0) is 29.9. The number of hydrogen-bond acceptors (Lipinski definition) is 6. The molecule has 1 aliphatic heterocycles. The van der Waals surface area contributed by atoms with Gasteiger partial charge in [0.05, 0.1) is 0 Å². The quantitative estimate of drug-likeness (QED) is 0.199. The number of nitrogens with zero attached hydrogens (tertiary/aromatic N) is 2. The second-order valence-corrected chi connectivity index (χ2v) is 10.8. The molecule has 10 nitrogen and oxygen atoms in total. The first-order valence-corrected chi connectivity index (χ1v) is 14.5. The van der Waals surface area contributed by atoms with Crippen LogP contribution >= 0.6 is 11.6 Å².